The molecule has 0 spiro atoms. The van der Waals surface area contributed by atoms with Crippen LogP contribution in [0.4, 0.5) is 0 Å². The summed E-state index contributed by atoms with van der Waals surface area (Å²) in [5.41, 5.74) is 3.68. The normalized spacial score (nSPS) is 11.3. The summed E-state index contributed by atoms with van der Waals surface area (Å²) in [5.74, 6) is 1.20. The molecule has 0 aliphatic carbocycles. The number of H-pyrrole nitrogens is 1. The molecular weight excluding hydrogens is 474 g/mol. The minimum atomic E-state index is 0.427. The number of thioether (sulfide) groups is 1. The second-order valence-corrected chi connectivity index (χ2v) is 8.47. The van der Waals surface area contributed by atoms with Gasteiger partial charge in [0.25, 0.3) is 0 Å². The van der Waals surface area contributed by atoms with Crippen LogP contribution in [0.15, 0.2) is 81.3 Å². The van der Waals surface area contributed by atoms with Gasteiger partial charge in [-0.25, -0.2) is 4.98 Å². The van der Waals surface area contributed by atoms with Crippen molar-refractivity contribution in [1.29, 1.82) is 5.26 Å². The van der Waals surface area contributed by atoms with Crippen molar-refractivity contribution in [3.05, 3.63) is 87.2 Å². The number of nitrogens with zero attached hydrogens (tertiary/aromatic N) is 2. The average molecular weight is 492 g/mol. The van der Waals surface area contributed by atoms with Gasteiger partial charge in [0.05, 0.1) is 27.5 Å². The van der Waals surface area contributed by atoms with Gasteiger partial charge in [-0.3, -0.25) is 0 Å². The van der Waals surface area contributed by atoms with Gasteiger partial charge < -0.3 is 14.5 Å². The van der Waals surface area contributed by atoms with Crippen molar-refractivity contribution in [2.45, 2.75) is 11.8 Å². The predicted molar refractivity (Wildman–Crippen MR) is 127 cm³/mol. The molecule has 0 amide bonds. The zero-order valence-corrected chi connectivity index (χ0v) is 19.0. The summed E-state index contributed by atoms with van der Waals surface area (Å²) < 4.78 is 12.3. The minimum absolute atomic E-state index is 0.427. The van der Waals surface area contributed by atoms with Crippen LogP contribution in [0.5, 0.6) is 11.5 Å². The Morgan fingerprint density at radius 2 is 1.94 bits per heavy atom. The highest BCUT2D eigenvalue weighted by Gasteiger charge is 2.13. The summed E-state index contributed by atoms with van der Waals surface area (Å²) in [6.07, 6.45) is 1.80. The van der Waals surface area contributed by atoms with Crippen molar-refractivity contribution in [3.8, 4) is 17.6 Å². The molecule has 1 heterocycles. The minimum Gasteiger partial charge on any atom is -0.493 e. The largest absolute Gasteiger partial charge is 0.493 e. The number of nitrogens with one attached hydrogen (secondary N) is 1. The van der Waals surface area contributed by atoms with E-state index in [-0.39, 0.29) is 0 Å². The Balaban J connectivity index is 1.56. The number of para-hydroxylation sites is 2. The van der Waals surface area contributed by atoms with Gasteiger partial charge in [-0.05, 0) is 69.2 Å². The molecule has 0 saturated carbocycles. The van der Waals surface area contributed by atoms with Crippen molar-refractivity contribution >= 4 is 44.8 Å². The van der Waals surface area contributed by atoms with Gasteiger partial charge in [0.15, 0.2) is 16.7 Å². The molecule has 0 atom stereocenters. The lowest BCUT2D eigenvalue weighted by molar-refractivity contribution is 0.282. The van der Waals surface area contributed by atoms with Crippen LogP contribution >= 0.6 is 27.7 Å². The van der Waals surface area contributed by atoms with Gasteiger partial charge in [0.1, 0.15) is 12.7 Å². The maximum Gasteiger partial charge on any atom is 0.175 e. The van der Waals surface area contributed by atoms with E-state index in [4.69, 9.17) is 9.47 Å². The van der Waals surface area contributed by atoms with Gasteiger partial charge in [-0.1, -0.05) is 42.5 Å². The molecular formula is C24H18BrN3O2S. The molecule has 0 fully saturated rings. The summed E-state index contributed by atoms with van der Waals surface area (Å²) in [6.45, 7) is 0.427. The van der Waals surface area contributed by atoms with Gasteiger partial charge in [-0.15, -0.1) is 0 Å². The molecule has 0 saturated heterocycles. The molecule has 0 bridgehead atoms. The molecule has 5 nitrogen and oxygen atoms in total. The van der Waals surface area contributed by atoms with E-state index in [0.717, 1.165) is 26.6 Å². The number of aromatic amines is 1. The smallest absolute Gasteiger partial charge is 0.175 e. The number of nitriles is 1. The number of aromatic nitrogens is 2. The maximum atomic E-state index is 9.64. The van der Waals surface area contributed by atoms with E-state index < -0.39 is 0 Å². The number of fused-ring (bicyclic) bond motifs is 1. The van der Waals surface area contributed by atoms with Gasteiger partial charge >= 0.3 is 0 Å². The number of ether oxygens (including phenoxy) is 2. The van der Waals surface area contributed by atoms with E-state index in [9.17, 15) is 5.26 Å². The standard InChI is InChI=1S/C24H18BrN3O2S/c1-29-22-13-17(12-19(25)23(22)30-15-16-7-3-2-4-8-16)11-18(14-26)31-24-27-20-9-5-6-10-21(20)28-24/h2-13H,15H2,1H3,(H,27,28)/b18-11+. The lowest BCUT2D eigenvalue weighted by Crippen LogP contribution is -1.99. The van der Waals surface area contributed by atoms with Crippen LogP contribution in [-0.4, -0.2) is 17.1 Å². The SMILES string of the molecule is COc1cc(/C=C(\C#N)Sc2nc3ccccc3[nH]2)cc(Br)c1OCc1ccccc1. The first-order chi connectivity index (χ1) is 15.2. The fourth-order valence-corrected chi connectivity index (χ4v) is 4.34. The van der Waals surface area contributed by atoms with Crippen LogP contribution in [0.3, 0.4) is 0 Å². The van der Waals surface area contributed by atoms with Crippen LogP contribution < -0.4 is 9.47 Å². The molecule has 31 heavy (non-hydrogen) atoms. The second-order valence-electron chi connectivity index (χ2n) is 6.59. The number of rotatable bonds is 7. The van der Waals surface area contributed by atoms with Crippen molar-refractivity contribution in [2.75, 3.05) is 7.11 Å². The maximum absolute atomic E-state index is 9.64. The number of benzene rings is 3. The highest BCUT2D eigenvalue weighted by Crippen LogP contribution is 2.38. The highest BCUT2D eigenvalue weighted by atomic mass is 79.9. The van der Waals surface area contributed by atoms with E-state index in [1.165, 1.54) is 11.8 Å². The van der Waals surface area contributed by atoms with Crippen LogP contribution in [-0.2, 0) is 6.61 Å². The fraction of sp³-hybridized carbons (Fsp3) is 0.0833. The number of hydrogen-bond donors (Lipinski definition) is 1. The monoisotopic (exact) mass is 491 g/mol. The first-order valence-corrected chi connectivity index (χ1v) is 11.1. The quantitative estimate of drug-likeness (QED) is 0.233. The van der Waals surface area contributed by atoms with Gasteiger partial charge in [0.2, 0.25) is 0 Å². The van der Waals surface area contributed by atoms with Crippen LogP contribution in [0.25, 0.3) is 17.1 Å². The third-order valence-corrected chi connectivity index (χ3v) is 5.86. The number of imidazole rings is 1. The number of hydrogen-bond acceptors (Lipinski definition) is 5. The summed E-state index contributed by atoms with van der Waals surface area (Å²) in [6, 6.07) is 23.7. The molecule has 0 unspecified atom stereocenters. The third-order valence-electron chi connectivity index (χ3n) is 4.46. The Bertz CT molecular complexity index is 1250. The first-order valence-electron chi connectivity index (χ1n) is 9.45. The first kappa shape index (κ1) is 21.0. The number of halogens is 1. The van der Waals surface area contributed by atoms with Gasteiger partial charge in [0, 0.05) is 0 Å². The molecule has 0 radical (unpaired) electrons. The average Bonchev–Trinajstić information content (AvgIpc) is 3.20. The molecule has 0 aliphatic heterocycles. The lowest BCUT2D eigenvalue weighted by Gasteiger charge is -2.14. The van der Waals surface area contributed by atoms with E-state index in [0.29, 0.717) is 28.2 Å². The molecule has 1 aromatic heterocycles. The van der Waals surface area contributed by atoms with Crippen LogP contribution in [0.1, 0.15) is 11.1 Å². The summed E-state index contributed by atoms with van der Waals surface area (Å²) in [5, 5.41) is 10.3. The van der Waals surface area contributed by atoms with Crippen molar-refractivity contribution < 1.29 is 9.47 Å². The van der Waals surface area contributed by atoms with Crippen LogP contribution in [0, 0.1) is 11.3 Å². The Labute approximate surface area is 192 Å². The zero-order chi connectivity index (χ0) is 21.6. The predicted octanol–water partition coefficient (Wildman–Crippen LogP) is 6.57. The van der Waals surface area contributed by atoms with E-state index in [2.05, 4.69) is 32.0 Å². The highest BCUT2D eigenvalue weighted by molar-refractivity contribution is 9.10. The Morgan fingerprint density at radius 1 is 1.16 bits per heavy atom. The third kappa shape index (κ3) is 5.10. The summed E-state index contributed by atoms with van der Waals surface area (Å²) in [7, 11) is 1.60. The van der Waals surface area contributed by atoms with E-state index >= 15 is 0 Å². The van der Waals surface area contributed by atoms with Crippen molar-refractivity contribution in [1.82, 2.24) is 9.97 Å². The molecule has 4 aromatic rings. The fourth-order valence-electron chi connectivity index (χ4n) is 3.01. The summed E-state index contributed by atoms with van der Waals surface area (Å²) >= 11 is 4.86. The Morgan fingerprint density at radius 3 is 2.68 bits per heavy atom. The van der Waals surface area contributed by atoms with Crippen molar-refractivity contribution in [3.63, 3.8) is 0 Å². The molecule has 154 valence electrons. The lowest BCUT2D eigenvalue weighted by atomic mass is 10.2. The molecule has 3 aromatic carbocycles. The Hall–Kier alpha value is -3.21. The number of methoxy groups -OCH3 is 1. The second kappa shape index (κ2) is 9.73. The molecule has 0 aliphatic rings. The van der Waals surface area contributed by atoms with Crippen LogP contribution in [0.2, 0.25) is 0 Å². The molecule has 1 N–H and O–H groups in total. The molecule has 4 rings (SSSR count). The van der Waals surface area contributed by atoms with Gasteiger partial charge in [-0.2, -0.15) is 5.26 Å². The van der Waals surface area contributed by atoms with E-state index in [1.54, 1.807) is 13.2 Å². The number of allylic oxidation sites excluding steroid dienone is 1. The summed E-state index contributed by atoms with van der Waals surface area (Å²) in [4.78, 5) is 8.26. The van der Waals surface area contributed by atoms with E-state index in [1.807, 2.05) is 66.7 Å². The van der Waals surface area contributed by atoms with Crippen molar-refractivity contribution in [2.24, 2.45) is 0 Å². The topological polar surface area (TPSA) is 70.9 Å². The Kier molecular flexibility index (Phi) is 6.60. The zero-order valence-electron chi connectivity index (χ0n) is 16.6. The molecule has 7 heteroatoms.